The van der Waals surface area contributed by atoms with Crippen LogP contribution < -0.4 is 11.0 Å². The molecule has 11 heteroatoms. The zero-order valence-corrected chi connectivity index (χ0v) is 14.9. The van der Waals surface area contributed by atoms with Gasteiger partial charge in [0.15, 0.2) is 0 Å². The van der Waals surface area contributed by atoms with E-state index in [-0.39, 0.29) is 22.9 Å². The van der Waals surface area contributed by atoms with Crippen LogP contribution in [0.15, 0.2) is 40.2 Å². The predicted molar refractivity (Wildman–Crippen MR) is 97.7 cm³/mol. The van der Waals surface area contributed by atoms with Crippen molar-refractivity contribution >= 4 is 18.1 Å². The molecule has 2 heterocycles. The Morgan fingerprint density at radius 1 is 1.21 bits per heavy atom. The Hall–Kier alpha value is -4.15. The molecule has 2 aromatic heterocycles. The fraction of sp³-hybridized carbons (Fsp3) is 0.118. The molecule has 28 heavy (non-hydrogen) atoms. The number of rotatable bonds is 5. The van der Waals surface area contributed by atoms with Crippen molar-refractivity contribution < 1.29 is 14.7 Å². The van der Waals surface area contributed by atoms with Crippen molar-refractivity contribution in [3.05, 3.63) is 68.9 Å². The summed E-state index contributed by atoms with van der Waals surface area (Å²) in [4.78, 5) is 37.5. The molecular weight excluding hydrogens is 366 g/mol. The van der Waals surface area contributed by atoms with Gasteiger partial charge < -0.3 is 5.11 Å². The Bertz CT molecular complexity index is 1130. The van der Waals surface area contributed by atoms with Gasteiger partial charge in [0.1, 0.15) is 11.4 Å². The summed E-state index contributed by atoms with van der Waals surface area (Å²) in [5.41, 5.74) is 3.48. The summed E-state index contributed by atoms with van der Waals surface area (Å²) < 4.78 is 1.16. The molecule has 0 atom stereocenters. The number of H-pyrrole nitrogens is 1. The average Bonchev–Trinajstić information content (AvgIpc) is 3.06. The van der Waals surface area contributed by atoms with E-state index in [0.29, 0.717) is 11.3 Å². The SMILES string of the molecule is Cc1cc(C(=O)N/N=C\c2ccc(C(=O)O)cc2)n(-c2nnc(C)c(=O)[nH]2)n1. The summed E-state index contributed by atoms with van der Waals surface area (Å²) in [7, 11) is 0. The first-order valence-corrected chi connectivity index (χ1v) is 8.02. The van der Waals surface area contributed by atoms with Crippen molar-refractivity contribution in [3.8, 4) is 5.95 Å². The lowest BCUT2D eigenvalue weighted by atomic mass is 10.1. The van der Waals surface area contributed by atoms with Gasteiger partial charge in [-0.25, -0.2) is 10.2 Å². The summed E-state index contributed by atoms with van der Waals surface area (Å²) in [6, 6.07) is 7.47. The molecule has 0 aliphatic carbocycles. The molecule has 3 rings (SSSR count). The Kier molecular flexibility index (Phi) is 5.07. The van der Waals surface area contributed by atoms with Crippen LogP contribution in [0, 0.1) is 13.8 Å². The lowest BCUT2D eigenvalue weighted by Crippen LogP contribution is -2.24. The minimum absolute atomic E-state index is 0.00193. The largest absolute Gasteiger partial charge is 0.478 e. The maximum atomic E-state index is 12.4. The molecule has 0 saturated carbocycles. The fourth-order valence-electron chi connectivity index (χ4n) is 2.24. The number of hydrazone groups is 1. The number of aryl methyl sites for hydroxylation is 2. The zero-order chi connectivity index (χ0) is 20.3. The highest BCUT2D eigenvalue weighted by molar-refractivity contribution is 5.94. The van der Waals surface area contributed by atoms with Gasteiger partial charge in [-0.2, -0.15) is 14.9 Å². The number of aromatic nitrogens is 5. The minimum atomic E-state index is -1.03. The highest BCUT2D eigenvalue weighted by atomic mass is 16.4. The number of carboxylic acid groups (broad SMARTS) is 1. The third-order valence-electron chi connectivity index (χ3n) is 3.65. The van der Waals surface area contributed by atoms with E-state index in [1.807, 2.05) is 0 Å². The molecule has 0 radical (unpaired) electrons. The monoisotopic (exact) mass is 381 g/mol. The van der Waals surface area contributed by atoms with Crippen molar-refractivity contribution in [1.82, 2.24) is 30.4 Å². The third-order valence-corrected chi connectivity index (χ3v) is 3.65. The zero-order valence-electron chi connectivity index (χ0n) is 14.9. The van der Waals surface area contributed by atoms with Gasteiger partial charge in [0.05, 0.1) is 17.5 Å². The third kappa shape index (κ3) is 3.98. The van der Waals surface area contributed by atoms with Gasteiger partial charge in [-0.3, -0.25) is 14.6 Å². The quantitative estimate of drug-likeness (QED) is 0.427. The van der Waals surface area contributed by atoms with E-state index in [1.165, 1.54) is 31.3 Å². The number of aromatic carboxylic acids is 1. The van der Waals surface area contributed by atoms with E-state index in [9.17, 15) is 14.4 Å². The Balaban J connectivity index is 1.78. The number of carbonyl (C=O) groups is 2. The molecule has 11 nitrogen and oxygen atoms in total. The molecule has 0 aliphatic heterocycles. The van der Waals surface area contributed by atoms with Crippen LogP contribution >= 0.6 is 0 Å². The Morgan fingerprint density at radius 2 is 1.93 bits per heavy atom. The van der Waals surface area contributed by atoms with Crippen molar-refractivity contribution in [2.24, 2.45) is 5.10 Å². The number of hydrogen-bond donors (Lipinski definition) is 3. The molecule has 3 N–H and O–H groups in total. The number of carboxylic acids is 1. The van der Waals surface area contributed by atoms with E-state index >= 15 is 0 Å². The van der Waals surface area contributed by atoms with Gasteiger partial charge in [0.25, 0.3) is 17.4 Å². The van der Waals surface area contributed by atoms with Crippen molar-refractivity contribution in [3.63, 3.8) is 0 Å². The fourth-order valence-corrected chi connectivity index (χ4v) is 2.24. The van der Waals surface area contributed by atoms with Gasteiger partial charge in [-0.1, -0.05) is 12.1 Å². The number of nitrogens with zero attached hydrogens (tertiary/aromatic N) is 5. The van der Waals surface area contributed by atoms with Crippen LogP contribution in [0.5, 0.6) is 0 Å². The molecule has 0 bridgehead atoms. The van der Waals surface area contributed by atoms with Gasteiger partial charge in [-0.05, 0) is 37.6 Å². The summed E-state index contributed by atoms with van der Waals surface area (Å²) >= 11 is 0. The molecule has 0 fully saturated rings. The van der Waals surface area contributed by atoms with Crippen LogP contribution in [0.4, 0.5) is 0 Å². The molecule has 0 saturated heterocycles. The van der Waals surface area contributed by atoms with Gasteiger partial charge >= 0.3 is 5.97 Å². The van der Waals surface area contributed by atoms with Crippen molar-refractivity contribution in [2.45, 2.75) is 13.8 Å². The first-order chi connectivity index (χ1) is 13.3. The predicted octanol–water partition coefficient (Wildman–Crippen LogP) is 0.430. The molecule has 3 aromatic rings. The van der Waals surface area contributed by atoms with E-state index in [2.05, 4.69) is 30.8 Å². The topological polar surface area (TPSA) is 155 Å². The number of nitrogens with one attached hydrogen (secondary N) is 2. The van der Waals surface area contributed by atoms with Crippen molar-refractivity contribution in [1.29, 1.82) is 0 Å². The van der Waals surface area contributed by atoms with Gasteiger partial charge in [0.2, 0.25) is 0 Å². The van der Waals surface area contributed by atoms with E-state index in [4.69, 9.17) is 5.11 Å². The summed E-state index contributed by atoms with van der Waals surface area (Å²) in [5, 5.41) is 24.4. The molecule has 142 valence electrons. The molecule has 0 unspecified atom stereocenters. The van der Waals surface area contributed by atoms with E-state index in [0.717, 1.165) is 4.68 Å². The maximum absolute atomic E-state index is 12.4. The average molecular weight is 381 g/mol. The summed E-state index contributed by atoms with van der Waals surface area (Å²) in [6.45, 7) is 3.19. The summed E-state index contributed by atoms with van der Waals surface area (Å²) in [5.74, 6) is -1.61. The van der Waals surface area contributed by atoms with Crippen LogP contribution in [-0.4, -0.2) is 48.2 Å². The number of carbonyl (C=O) groups excluding carboxylic acids is 1. The van der Waals surface area contributed by atoms with Crippen LogP contribution in [-0.2, 0) is 0 Å². The molecular formula is C17H15N7O4. The highest BCUT2D eigenvalue weighted by Crippen LogP contribution is 2.08. The Labute approximate surface area is 157 Å². The van der Waals surface area contributed by atoms with E-state index in [1.54, 1.807) is 19.1 Å². The van der Waals surface area contributed by atoms with Crippen molar-refractivity contribution in [2.75, 3.05) is 0 Å². The summed E-state index contributed by atoms with van der Waals surface area (Å²) in [6.07, 6.45) is 1.37. The van der Waals surface area contributed by atoms with E-state index < -0.39 is 17.4 Å². The second-order valence-corrected chi connectivity index (χ2v) is 5.77. The number of aromatic amines is 1. The van der Waals surface area contributed by atoms with Gasteiger partial charge in [0, 0.05) is 0 Å². The van der Waals surface area contributed by atoms with Crippen LogP contribution in [0.1, 0.15) is 37.8 Å². The Morgan fingerprint density at radius 3 is 2.57 bits per heavy atom. The normalized spacial score (nSPS) is 10.9. The molecule has 0 spiro atoms. The number of amides is 1. The smallest absolute Gasteiger partial charge is 0.335 e. The molecule has 0 aliphatic rings. The van der Waals surface area contributed by atoms with Crippen LogP contribution in [0.25, 0.3) is 5.95 Å². The van der Waals surface area contributed by atoms with Gasteiger partial charge in [-0.15, -0.1) is 10.2 Å². The highest BCUT2D eigenvalue weighted by Gasteiger charge is 2.17. The molecule has 1 amide bonds. The minimum Gasteiger partial charge on any atom is -0.478 e. The first-order valence-electron chi connectivity index (χ1n) is 8.02. The lowest BCUT2D eigenvalue weighted by Gasteiger charge is -2.04. The van der Waals surface area contributed by atoms with Crippen LogP contribution in [0.3, 0.4) is 0 Å². The number of hydrogen-bond acceptors (Lipinski definition) is 7. The van der Waals surface area contributed by atoms with Crippen LogP contribution in [0.2, 0.25) is 0 Å². The second kappa shape index (κ2) is 7.61. The maximum Gasteiger partial charge on any atom is 0.335 e. The standard InChI is InChI=1S/C17H15N7O4/c1-9-7-13(24(23-9)17-19-14(25)10(2)20-22-17)15(26)21-18-8-11-3-5-12(6-4-11)16(27)28/h3-8H,1-2H3,(H,21,26)(H,27,28)(H,19,22,25)/b18-8-. The number of benzene rings is 1. The molecule has 1 aromatic carbocycles. The lowest BCUT2D eigenvalue weighted by molar-refractivity contribution is 0.0696. The second-order valence-electron chi connectivity index (χ2n) is 5.77. The first kappa shape index (κ1) is 18.6.